The summed E-state index contributed by atoms with van der Waals surface area (Å²) in [5.41, 5.74) is 1.61. The van der Waals surface area contributed by atoms with Crippen LogP contribution in [0.3, 0.4) is 0 Å². The molecule has 20 heavy (non-hydrogen) atoms. The van der Waals surface area contributed by atoms with Crippen molar-refractivity contribution in [1.82, 2.24) is 5.32 Å². The lowest BCUT2D eigenvalue weighted by molar-refractivity contribution is 0.0933. The minimum Gasteiger partial charge on any atom is -0.345 e. The van der Waals surface area contributed by atoms with E-state index in [-0.39, 0.29) is 24.2 Å². The zero-order valence-electron chi connectivity index (χ0n) is 10.6. The summed E-state index contributed by atoms with van der Waals surface area (Å²) >= 11 is 0. The third-order valence-corrected chi connectivity index (χ3v) is 3.43. The number of carbonyl (C=O) groups excluding carboxylic acids is 2. The minimum absolute atomic E-state index is 0.0481. The Kier molecular flexibility index (Phi) is 3.06. The molecule has 1 N–H and O–H groups in total. The van der Waals surface area contributed by atoms with E-state index in [2.05, 4.69) is 5.32 Å². The molecular weight excluding hydrogens is 257 g/mol. The molecule has 0 fully saturated rings. The zero-order valence-corrected chi connectivity index (χ0v) is 10.6. The number of hydrogen-bond acceptors (Lipinski definition) is 2. The van der Waals surface area contributed by atoms with E-state index in [0.717, 1.165) is 0 Å². The van der Waals surface area contributed by atoms with Gasteiger partial charge in [-0.1, -0.05) is 36.4 Å². The first-order chi connectivity index (χ1) is 9.65. The van der Waals surface area contributed by atoms with Crippen LogP contribution in [0.2, 0.25) is 0 Å². The van der Waals surface area contributed by atoms with Crippen molar-refractivity contribution in [3.63, 3.8) is 0 Å². The summed E-state index contributed by atoms with van der Waals surface area (Å²) in [5.74, 6) is -0.827. The Morgan fingerprint density at radius 3 is 2.65 bits per heavy atom. The van der Waals surface area contributed by atoms with E-state index in [9.17, 15) is 14.0 Å². The largest absolute Gasteiger partial charge is 0.345 e. The van der Waals surface area contributed by atoms with Crippen molar-refractivity contribution in [1.29, 1.82) is 0 Å². The molecule has 2 aromatic rings. The molecule has 3 rings (SSSR count). The Morgan fingerprint density at radius 1 is 1.15 bits per heavy atom. The number of fused-ring (bicyclic) bond motifs is 1. The lowest BCUT2D eigenvalue weighted by atomic mass is 9.98. The highest BCUT2D eigenvalue weighted by Crippen LogP contribution is 2.29. The quantitative estimate of drug-likeness (QED) is 0.871. The third kappa shape index (κ3) is 2.20. The van der Waals surface area contributed by atoms with Crippen molar-refractivity contribution < 1.29 is 14.0 Å². The minimum atomic E-state index is -0.450. The summed E-state index contributed by atoms with van der Waals surface area (Å²) < 4.78 is 13.1. The molecule has 0 radical (unpaired) electrons. The maximum atomic E-state index is 13.1. The maximum Gasteiger partial charge on any atom is 0.252 e. The number of rotatable bonds is 3. The van der Waals surface area contributed by atoms with Crippen LogP contribution in [0.4, 0.5) is 4.39 Å². The molecule has 0 aromatic heterocycles. The van der Waals surface area contributed by atoms with Gasteiger partial charge in [0, 0.05) is 17.5 Å². The molecule has 1 amide bonds. The van der Waals surface area contributed by atoms with Gasteiger partial charge in [-0.25, -0.2) is 4.39 Å². The lowest BCUT2D eigenvalue weighted by Gasteiger charge is -2.10. The second kappa shape index (κ2) is 4.89. The highest BCUT2D eigenvalue weighted by molar-refractivity contribution is 6.01. The van der Waals surface area contributed by atoms with Gasteiger partial charge in [0.25, 0.3) is 5.91 Å². The fourth-order valence-corrected chi connectivity index (χ4v) is 2.43. The van der Waals surface area contributed by atoms with Crippen molar-refractivity contribution in [2.45, 2.75) is 12.5 Å². The normalized spacial score (nSPS) is 16.6. The topological polar surface area (TPSA) is 46.2 Å². The van der Waals surface area contributed by atoms with Gasteiger partial charge in [0.1, 0.15) is 5.82 Å². The van der Waals surface area contributed by atoms with E-state index in [1.54, 1.807) is 30.3 Å². The second-order valence-corrected chi connectivity index (χ2v) is 4.75. The molecule has 1 aliphatic heterocycles. The van der Waals surface area contributed by atoms with Crippen molar-refractivity contribution in [2.24, 2.45) is 0 Å². The monoisotopic (exact) mass is 269 g/mol. The fourth-order valence-electron chi connectivity index (χ4n) is 2.43. The Bertz CT molecular complexity index is 682. The highest BCUT2D eigenvalue weighted by Gasteiger charge is 2.30. The van der Waals surface area contributed by atoms with Gasteiger partial charge in [-0.3, -0.25) is 9.59 Å². The Hall–Kier alpha value is -2.49. The maximum absolute atomic E-state index is 13.1. The first kappa shape index (κ1) is 12.5. The molecule has 1 atom stereocenters. The van der Waals surface area contributed by atoms with Crippen molar-refractivity contribution >= 4 is 11.7 Å². The summed E-state index contributed by atoms with van der Waals surface area (Å²) in [5, 5.41) is 2.72. The van der Waals surface area contributed by atoms with Gasteiger partial charge in [0.15, 0.2) is 5.78 Å². The van der Waals surface area contributed by atoms with Crippen LogP contribution in [0.25, 0.3) is 0 Å². The van der Waals surface area contributed by atoms with Gasteiger partial charge in [-0.15, -0.1) is 0 Å². The van der Waals surface area contributed by atoms with E-state index in [4.69, 9.17) is 0 Å². The molecule has 4 heteroatoms. The number of Topliss-reactive ketones (excluding diaryl/α,β-unsaturated/α-hetero) is 1. The average Bonchev–Trinajstić information content (AvgIpc) is 2.76. The van der Waals surface area contributed by atoms with Crippen molar-refractivity contribution in [2.75, 3.05) is 0 Å². The molecule has 3 nitrogen and oxygen atoms in total. The molecule has 0 bridgehead atoms. The molecule has 0 spiro atoms. The summed E-state index contributed by atoms with van der Waals surface area (Å²) in [6, 6.07) is 12.6. The Balaban J connectivity index is 1.84. The van der Waals surface area contributed by atoms with Crippen LogP contribution < -0.4 is 5.32 Å². The third-order valence-electron chi connectivity index (χ3n) is 3.43. The first-order valence-corrected chi connectivity index (χ1v) is 6.34. The van der Waals surface area contributed by atoms with E-state index >= 15 is 0 Å². The summed E-state index contributed by atoms with van der Waals surface area (Å²) in [4.78, 5) is 23.9. The highest BCUT2D eigenvalue weighted by atomic mass is 19.1. The number of hydrogen-bond donors (Lipinski definition) is 1. The fraction of sp³-hybridized carbons (Fsp3) is 0.125. The van der Waals surface area contributed by atoms with E-state index in [0.29, 0.717) is 16.7 Å². The van der Waals surface area contributed by atoms with Crippen LogP contribution >= 0.6 is 0 Å². The lowest BCUT2D eigenvalue weighted by Crippen LogP contribution is -2.21. The standard InChI is InChI=1S/C16H12FNO2/c17-11-6-7-12-13(8-11)16(20)18-14(12)9-15(19)10-4-2-1-3-5-10/h1-8,14H,9H2,(H,18,20)/t14-/m0/s1. The Labute approximate surface area is 115 Å². The SMILES string of the molecule is O=C(C[C@@H]1NC(=O)c2cc(F)ccc21)c1ccccc1. The first-order valence-electron chi connectivity index (χ1n) is 6.34. The number of halogens is 1. The van der Waals surface area contributed by atoms with Gasteiger partial charge in [0.05, 0.1) is 6.04 Å². The predicted octanol–water partition coefficient (Wildman–Crippen LogP) is 2.88. The zero-order chi connectivity index (χ0) is 14.1. The summed E-state index contributed by atoms with van der Waals surface area (Å²) in [6.07, 6.45) is 0.175. The van der Waals surface area contributed by atoms with Gasteiger partial charge in [-0.05, 0) is 17.7 Å². The number of carbonyl (C=O) groups is 2. The molecule has 0 unspecified atom stereocenters. The number of amides is 1. The molecule has 1 aliphatic rings. The van der Waals surface area contributed by atoms with E-state index in [1.165, 1.54) is 12.1 Å². The second-order valence-electron chi connectivity index (χ2n) is 4.75. The number of ketones is 1. The molecule has 1 heterocycles. The molecule has 0 aliphatic carbocycles. The molecule has 0 saturated heterocycles. The van der Waals surface area contributed by atoms with Crippen LogP contribution in [0.1, 0.15) is 38.7 Å². The van der Waals surface area contributed by atoms with Crippen LogP contribution in [0.5, 0.6) is 0 Å². The predicted molar refractivity (Wildman–Crippen MR) is 72.0 cm³/mol. The van der Waals surface area contributed by atoms with Crippen LogP contribution in [0, 0.1) is 5.82 Å². The van der Waals surface area contributed by atoms with E-state index in [1.807, 2.05) is 6.07 Å². The average molecular weight is 269 g/mol. The van der Waals surface area contributed by atoms with Crippen molar-refractivity contribution in [3.8, 4) is 0 Å². The molecular formula is C16H12FNO2. The Morgan fingerprint density at radius 2 is 1.90 bits per heavy atom. The van der Waals surface area contributed by atoms with Gasteiger partial charge >= 0.3 is 0 Å². The van der Waals surface area contributed by atoms with Crippen LogP contribution in [-0.4, -0.2) is 11.7 Å². The summed E-state index contributed by atoms with van der Waals surface area (Å²) in [7, 11) is 0. The van der Waals surface area contributed by atoms with Gasteiger partial charge in [0.2, 0.25) is 0 Å². The van der Waals surface area contributed by atoms with Crippen LogP contribution in [-0.2, 0) is 0 Å². The van der Waals surface area contributed by atoms with Gasteiger partial charge < -0.3 is 5.32 Å². The van der Waals surface area contributed by atoms with Crippen molar-refractivity contribution in [3.05, 3.63) is 71.0 Å². The summed E-state index contributed by atoms with van der Waals surface area (Å²) in [6.45, 7) is 0. The van der Waals surface area contributed by atoms with Crippen LogP contribution in [0.15, 0.2) is 48.5 Å². The smallest absolute Gasteiger partial charge is 0.252 e. The number of benzene rings is 2. The van der Waals surface area contributed by atoms with E-state index < -0.39 is 5.82 Å². The number of nitrogens with one attached hydrogen (secondary N) is 1. The van der Waals surface area contributed by atoms with Gasteiger partial charge in [-0.2, -0.15) is 0 Å². The molecule has 100 valence electrons. The molecule has 2 aromatic carbocycles. The molecule has 0 saturated carbocycles.